The Morgan fingerprint density at radius 2 is 1.93 bits per heavy atom. The van der Waals surface area contributed by atoms with Crippen molar-refractivity contribution < 1.29 is 4.74 Å². The third-order valence-corrected chi connectivity index (χ3v) is 5.14. The maximum absolute atomic E-state index is 5.96. The van der Waals surface area contributed by atoms with E-state index in [-0.39, 0.29) is 0 Å². The predicted octanol–water partition coefficient (Wildman–Crippen LogP) is 3.33. The molecule has 0 unspecified atom stereocenters. The van der Waals surface area contributed by atoms with E-state index in [1.54, 1.807) is 0 Å². The Balaban J connectivity index is 1.26. The Morgan fingerprint density at radius 3 is 2.74 bits per heavy atom. The lowest BCUT2D eigenvalue weighted by Gasteiger charge is -2.22. The second kappa shape index (κ2) is 10.9. The second-order valence-corrected chi connectivity index (χ2v) is 7.19. The van der Waals surface area contributed by atoms with E-state index in [0.717, 1.165) is 50.6 Å². The molecule has 1 fully saturated rings. The highest BCUT2D eigenvalue weighted by molar-refractivity contribution is 5.79. The molecule has 1 aliphatic rings. The summed E-state index contributed by atoms with van der Waals surface area (Å²) >= 11 is 0. The average Bonchev–Trinajstić information content (AvgIpc) is 3.13. The second-order valence-electron chi connectivity index (χ2n) is 7.19. The van der Waals surface area contributed by atoms with Gasteiger partial charge in [-0.25, -0.2) is 4.98 Å². The van der Waals surface area contributed by atoms with E-state index in [1.165, 1.54) is 37.6 Å². The van der Waals surface area contributed by atoms with Crippen LogP contribution < -0.4 is 10.6 Å². The van der Waals surface area contributed by atoms with Gasteiger partial charge in [-0.1, -0.05) is 31.4 Å². The van der Waals surface area contributed by atoms with E-state index in [0.29, 0.717) is 6.10 Å². The Hall–Kier alpha value is -2.08. The maximum atomic E-state index is 5.96. The lowest BCUT2D eigenvalue weighted by molar-refractivity contribution is 0.0277. The average molecular weight is 372 g/mol. The number of aryl methyl sites for hydroxylation is 1. The first-order valence-corrected chi connectivity index (χ1v) is 10.3. The fraction of sp³-hybridized carbons (Fsp3) is 0.619. The van der Waals surface area contributed by atoms with Crippen molar-refractivity contribution in [3.63, 3.8) is 0 Å². The lowest BCUT2D eigenvalue weighted by Crippen LogP contribution is -2.38. The van der Waals surface area contributed by atoms with Crippen LogP contribution >= 0.6 is 0 Å². The van der Waals surface area contributed by atoms with Crippen molar-refractivity contribution in [2.24, 2.45) is 4.99 Å². The molecule has 3 rings (SSSR count). The summed E-state index contributed by atoms with van der Waals surface area (Å²) in [5.41, 5.74) is 2.25. The van der Waals surface area contributed by atoms with Crippen molar-refractivity contribution in [2.45, 2.75) is 57.6 Å². The van der Waals surface area contributed by atoms with Gasteiger partial charge < -0.3 is 19.9 Å². The molecule has 1 aromatic heterocycles. The monoisotopic (exact) mass is 371 g/mol. The van der Waals surface area contributed by atoms with Crippen LogP contribution in [0.2, 0.25) is 0 Å². The number of nitrogens with zero attached hydrogens (tertiary/aromatic N) is 3. The predicted molar refractivity (Wildman–Crippen MR) is 111 cm³/mol. The summed E-state index contributed by atoms with van der Waals surface area (Å²) in [7, 11) is 1.82. The summed E-state index contributed by atoms with van der Waals surface area (Å²) in [5, 5.41) is 6.75. The maximum Gasteiger partial charge on any atom is 0.190 e. The molecule has 0 amide bonds. The fourth-order valence-corrected chi connectivity index (χ4v) is 3.63. The minimum atomic E-state index is 0.496. The fourth-order valence-electron chi connectivity index (χ4n) is 3.63. The highest BCUT2D eigenvalue weighted by Crippen LogP contribution is 2.20. The normalized spacial score (nSPS) is 16.0. The molecule has 0 saturated heterocycles. The zero-order chi connectivity index (χ0) is 18.7. The minimum absolute atomic E-state index is 0.496. The van der Waals surface area contributed by atoms with Crippen LogP contribution in [0.3, 0.4) is 0 Å². The number of aromatic nitrogens is 2. The van der Waals surface area contributed by atoms with Crippen molar-refractivity contribution >= 4 is 17.0 Å². The highest BCUT2D eigenvalue weighted by Gasteiger charge is 2.12. The third kappa shape index (κ3) is 6.24. The summed E-state index contributed by atoms with van der Waals surface area (Å²) in [4.78, 5) is 8.73. The van der Waals surface area contributed by atoms with E-state index < -0.39 is 0 Å². The van der Waals surface area contributed by atoms with Gasteiger partial charge in [0.1, 0.15) is 0 Å². The number of rotatable bonds is 9. The van der Waals surface area contributed by atoms with Crippen LogP contribution in [0.5, 0.6) is 0 Å². The third-order valence-electron chi connectivity index (χ3n) is 5.14. The number of guanidine groups is 1. The standard InChI is InChI=1S/C21H33N5O/c1-22-21(24-14-8-16-27-18-9-3-2-4-10-18)23-13-7-15-26-17-25-19-11-5-6-12-20(19)26/h5-6,11-12,17-18H,2-4,7-10,13-16H2,1H3,(H2,22,23,24). The number of ether oxygens (including phenoxy) is 1. The van der Waals surface area contributed by atoms with Crippen LogP contribution in [0, 0.1) is 0 Å². The van der Waals surface area contributed by atoms with Gasteiger partial charge in [0.05, 0.1) is 23.5 Å². The SMILES string of the molecule is CN=C(NCCCOC1CCCCC1)NCCCn1cnc2ccccc21. The van der Waals surface area contributed by atoms with Gasteiger partial charge in [-0.15, -0.1) is 0 Å². The number of hydrogen-bond donors (Lipinski definition) is 2. The van der Waals surface area contributed by atoms with Gasteiger partial charge in [0, 0.05) is 33.3 Å². The summed E-state index contributed by atoms with van der Waals surface area (Å²) in [6, 6.07) is 8.25. The van der Waals surface area contributed by atoms with Crippen molar-refractivity contribution in [3.8, 4) is 0 Å². The summed E-state index contributed by atoms with van der Waals surface area (Å²) in [6.07, 6.45) is 11.0. The molecule has 1 aliphatic carbocycles. The van der Waals surface area contributed by atoms with E-state index in [4.69, 9.17) is 4.74 Å². The smallest absolute Gasteiger partial charge is 0.190 e. The number of hydrogen-bond acceptors (Lipinski definition) is 3. The first-order chi connectivity index (χ1) is 13.4. The molecule has 1 saturated carbocycles. The Labute approximate surface area is 162 Å². The van der Waals surface area contributed by atoms with Gasteiger partial charge in [0.2, 0.25) is 0 Å². The minimum Gasteiger partial charge on any atom is -0.378 e. The summed E-state index contributed by atoms with van der Waals surface area (Å²) in [5.74, 6) is 0.864. The van der Waals surface area contributed by atoms with Crippen LogP contribution in [-0.4, -0.2) is 48.4 Å². The molecular formula is C21H33N5O. The number of fused-ring (bicyclic) bond motifs is 1. The molecule has 0 spiro atoms. The van der Waals surface area contributed by atoms with Crippen molar-refractivity contribution in [2.75, 3.05) is 26.7 Å². The van der Waals surface area contributed by atoms with E-state index in [2.05, 4.69) is 37.3 Å². The molecule has 0 aliphatic heterocycles. The van der Waals surface area contributed by atoms with Crippen molar-refractivity contribution in [3.05, 3.63) is 30.6 Å². The summed E-state index contributed by atoms with van der Waals surface area (Å²) < 4.78 is 8.17. The highest BCUT2D eigenvalue weighted by atomic mass is 16.5. The Morgan fingerprint density at radius 1 is 1.15 bits per heavy atom. The van der Waals surface area contributed by atoms with Crippen LogP contribution in [0.15, 0.2) is 35.6 Å². The van der Waals surface area contributed by atoms with E-state index >= 15 is 0 Å². The van der Waals surface area contributed by atoms with Crippen LogP contribution in [0.25, 0.3) is 11.0 Å². The molecule has 27 heavy (non-hydrogen) atoms. The van der Waals surface area contributed by atoms with Gasteiger partial charge in [0.15, 0.2) is 5.96 Å². The lowest BCUT2D eigenvalue weighted by atomic mass is 9.98. The molecule has 1 heterocycles. The zero-order valence-corrected chi connectivity index (χ0v) is 16.5. The van der Waals surface area contributed by atoms with Crippen LogP contribution in [0.4, 0.5) is 0 Å². The Bertz CT molecular complexity index is 705. The summed E-state index contributed by atoms with van der Waals surface area (Å²) in [6.45, 7) is 3.55. The molecule has 0 atom stereocenters. The van der Waals surface area contributed by atoms with E-state index in [1.807, 2.05) is 25.5 Å². The molecule has 2 aromatic rings. The molecule has 0 bridgehead atoms. The first kappa shape index (κ1) is 19.7. The number of benzene rings is 1. The molecule has 6 heteroatoms. The number of para-hydroxylation sites is 2. The molecule has 2 N–H and O–H groups in total. The van der Waals surface area contributed by atoms with Crippen molar-refractivity contribution in [1.82, 2.24) is 20.2 Å². The first-order valence-electron chi connectivity index (χ1n) is 10.3. The van der Waals surface area contributed by atoms with Crippen LogP contribution in [-0.2, 0) is 11.3 Å². The quantitative estimate of drug-likeness (QED) is 0.403. The van der Waals surface area contributed by atoms with Gasteiger partial charge in [-0.3, -0.25) is 4.99 Å². The molecular weight excluding hydrogens is 338 g/mol. The van der Waals surface area contributed by atoms with Gasteiger partial charge in [0.25, 0.3) is 0 Å². The molecule has 6 nitrogen and oxygen atoms in total. The van der Waals surface area contributed by atoms with Gasteiger partial charge in [-0.2, -0.15) is 0 Å². The topological polar surface area (TPSA) is 63.5 Å². The molecule has 148 valence electrons. The van der Waals surface area contributed by atoms with Gasteiger partial charge >= 0.3 is 0 Å². The van der Waals surface area contributed by atoms with Crippen molar-refractivity contribution in [1.29, 1.82) is 0 Å². The van der Waals surface area contributed by atoms with E-state index in [9.17, 15) is 0 Å². The molecule has 0 radical (unpaired) electrons. The number of imidazole rings is 1. The number of nitrogens with one attached hydrogen (secondary N) is 2. The zero-order valence-electron chi connectivity index (χ0n) is 16.5. The number of aliphatic imine (C=N–C) groups is 1. The van der Waals surface area contributed by atoms with Crippen LogP contribution in [0.1, 0.15) is 44.9 Å². The molecule has 1 aromatic carbocycles. The van der Waals surface area contributed by atoms with Gasteiger partial charge in [-0.05, 0) is 37.8 Å². The largest absolute Gasteiger partial charge is 0.378 e. The Kier molecular flexibility index (Phi) is 7.96.